The van der Waals surface area contributed by atoms with Gasteiger partial charge in [-0.15, -0.1) is 0 Å². The van der Waals surface area contributed by atoms with E-state index in [1.807, 2.05) is 34.9 Å². The van der Waals surface area contributed by atoms with Crippen molar-refractivity contribution in [3.05, 3.63) is 94.5 Å². The maximum Gasteiger partial charge on any atom is 0.240 e. The van der Waals surface area contributed by atoms with Crippen molar-refractivity contribution >= 4 is 45.8 Å². The van der Waals surface area contributed by atoms with Crippen LogP contribution in [0.5, 0.6) is 0 Å². The molecule has 2 heterocycles. The number of aromatic nitrogens is 3. The van der Waals surface area contributed by atoms with Gasteiger partial charge in [-0.1, -0.05) is 71.7 Å². The number of carbonyl (C=O) groups excluding carboxylic acids is 2. The second kappa shape index (κ2) is 13.0. The molecule has 1 aliphatic heterocycles. The van der Waals surface area contributed by atoms with Crippen LogP contribution < -0.4 is 5.73 Å². The first-order valence-corrected chi connectivity index (χ1v) is 14.6. The minimum atomic E-state index is -0.765. The first-order chi connectivity index (χ1) is 19.8. The van der Waals surface area contributed by atoms with Gasteiger partial charge in [-0.25, -0.2) is 4.98 Å². The monoisotopic (exact) mass is 592 g/mol. The summed E-state index contributed by atoms with van der Waals surface area (Å²) >= 11 is 12.4. The number of hydrogen-bond acceptors (Lipinski definition) is 5. The third-order valence-corrected chi connectivity index (χ3v) is 8.36. The topological polar surface area (TPSA) is 97.3 Å². The lowest BCUT2D eigenvalue weighted by Gasteiger charge is -2.46. The maximum absolute atomic E-state index is 13.7. The zero-order valence-electron chi connectivity index (χ0n) is 23.0. The minimum absolute atomic E-state index is 0.0541. The van der Waals surface area contributed by atoms with Crippen LogP contribution in [0, 0.1) is 0 Å². The van der Waals surface area contributed by atoms with E-state index < -0.39 is 6.04 Å². The molecule has 5 rings (SSSR count). The third-order valence-electron chi connectivity index (χ3n) is 7.78. The number of rotatable bonds is 9. The molecule has 1 aromatic heterocycles. The number of halogens is 2. The number of fused-ring (bicyclic) bond motifs is 1. The van der Waals surface area contributed by atoms with Gasteiger partial charge in [-0.05, 0) is 60.2 Å². The van der Waals surface area contributed by atoms with Crippen molar-refractivity contribution < 1.29 is 9.59 Å². The first kappa shape index (κ1) is 29.0. The molecular formula is C31H34Cl2N6O2. The number of nitrogens with two attached hydrogens (primary N) is 1. The first-order valence-electron chi connectivity index (χ1n) is 13.9. The number of amides is 2. The lowest BCUT2D eigenvalue weighted by Crippen LogP contribution is -2.63. The third kappa shape index (κ3) is 7.07. The molecule has 2 amide bonds. The average molecular weight is 594 g/mol. The Bertz CT molecular complexity index is 1510. The number of hydrogen-bond donors (Lipinski definition) is 1. The molecule has 214 valence electrons. The van der Waals surface area contributed by atoms with Crippen molar-refractivity contribution in [3.63, 3.8) is 0 Å². The summed E-state index contributed by atoms with van der Waals surface area (Å²) in [6, 6.07) is 18.4. The summed E-state index contributed by atoms with van der Waals surface area (Å²) in [4.78, 5) is 35.1. The molecule has 4 aromatic rings. The van der Waals surface area contributed by atoms with Gasteiger partial charge < -0.3 is 15.5 Å². The van der Waals surface area contributed by atoms with Gasteiger partial charge in [-0.3, -0.25) is 14.3 Å². The predicted molar refractivity (Wildman–Crippen MR) is 162 cm³/mol. The summed E-state index contributed by atoms with van der Waals surface area (Å²) in [6.07, 6.45) is 5.27. The summed E-state index contributed by atoms with van der Waals surface area (Å²) in [6.45, 7) is 3.53. The molecule has 1 unspecified atom stereocenters. The molecule has 41 heavy (non-hydrogen) atoms. The number of aryl methyl sites for hydroxylation is 1. The smallest absolute Gasteiger partial charge is 0.240 e. The highest BCUT2D eigenvalue weighted by Gasteiger charge is 2.38. The van der Waals surface area contributed by atoms with Crippen LogP contribution in [0.4, 0.5) is 0 Å². The lowest BCUT2D eigenvalue weighted by atomic mass is 9.98. The van der Waals surface area contributed by atoms with Crippen LogP contribution in [0.3, 0.4) is 0 Å². The number of piperazine rings is 1. The van der Waals surface area contributed by atoms with E-state index in [1.165, 1.54) is 6.33 Å². The van der Waals surface area contributed by atoms with Gasteiger partial charge in [-0.2, -0.15) is 5.10 Å². The fourth-order valence-electron chi connectivity index (χ4n) is 5.59. The lowest BCUT2D eigenvalue weighted by molar-refractivity contribution is -0.147. The molecule has 3 atom stereocenters. The van der Waals surface area contributed by atoms with Crippen LogP contribution in [0.1, 0.15) is 30.9 Å². The van der Waals surface area contributed by atoms with Crippen molar-refractivity contribution in [2.45, 2.75) is 57.3 Å². The van der Waals surface area contributed by atoms with E-state index in [1.54, 1.807) is 29.2 Å². The van der Waals surface area contributed by atoms with E-state index in [9.17, 15) is 9.59 Å². The summed E-state index contributed by atoms with van der Waals surface area (Å²) in [7, 11) is 0. The zero-order valence-corrected chi connectivity index (χ0v) is 24.5. The Balaban J connectivity index is 1.30. The Hall–Kier alpha value is -3.46. The van der Waals surface area contributed by atoms with E-state index in [0.717, 1.165) is 28.3 Å². The van der Waals surface area contributed by atoms with Crippen molar-refractivity contribution in [2.75, 3.05) is 13.1 Å². The van der Waals surface area contributed by atoms with Gasteiger partial charge >= 0.3 is 0 Å². The van der Waals surface area contributed by atoms with Crippen LogP contribution in [0.2, 0.25) is 10.0 Å². The largest absolute Gasteiger partial charge is 0.336 e. The van der Waals surface area contributed by atoms with Crippen LogP contribution in [0.25, 0.3) is 10.8 Å². The molecule has 0 spiro atoms. The SMILES string of the molecule is C[C@@H]1CN(C(=O)[C@H](N)Cc2ccc(Cl)cc2Cl)C(CCCn2cncn2)CN1C(=O)Cc1ccc2ccccc2c1. The van der Waals surface area contributed by atoms with Crippen LogP contribution in [0.15, 0.2) is 73.3 Å². The van der Waals surface area contributed by atoms with Crippen LogP contribution in [-0.4, -0.2) is 67.6 Å². The normalized spacial score (nSPS) is 18.0. The second-order valence-corrected chi connectivity index (χ2v) is 11.6. The van der Waals surface area contributed by atoms with Crippen molar-refractivity contribution in [1.29, 1.82) is 0 Å². The van der Waals surface area contributed by atoms with Gasteiger partial charge in [0.25, 0.3) is 0 Å². The van der Waals surface area contributed by atoms with E-state index in [0.29, 0.717) is 48.9 Å². The standard InChI is InChI=1S/C31H34Cl2N6O2/c1-21-17-39(31(41)29(34)15-25-10-11-26(32)16-28(25)33)27(7-4-12-37-20-35-19-36-37)18-38(21)30(40)14-22-8-9-23-5-2-3-6-24(23)13-22/h2-3,5-6,8-11,13,16,19-21,27,29H,4,7,12,14-15,17-18,34H2,1H3/t21-,27?,29-/m1/s1. The van der Waals surface area contributed by atoms with Gasteiger partial charge in [0.2, 0.25) is 11.8 Å². The Morgan fingerprint density at radius 3 is 2.59 bits per heavy atom. The fourth-order valence-corrected chi connectivity index (χ4v) is 6.07. The summed E-state index contributed by atoms with van der Waals surface area (Å²) in [5.41, 5.74) is 8.21. The molecule has 0 radical (unpaired) electrons. The molecule has 0 bridgehead atoms. The van der Waals surface area contributed by atoms with Crippen LogP contribution in [-0.2, 0) is 29.0 Å². The Kier molecular flexibility index (Phi) is 9.22. The Morgan fingerprint density at radius 2 is 1.83 bits per heavy atom. The highest BCUT2D eigenvalue weighted by atomic mass is 35.5. The van der Waals surface area contributed by atoms with Gasteiger partial charge in [0.05, 0.1) is 12.5 Å². The minimum Gasteiger partial charge on any atom is -0.336 e. The second-order valence-electron chi connectivity index (χ2n) is 10.7. The predicted octanol–water partition coefficient (Wildman–Crippen LogP) is 4.76. The molecule has 0 saturated carbocycles. The highest BCUT2D eigenvalue weighted by molar-refractivity contribution is 6.35. The van der Waals surface area contributed by atoms with Gasteiger partial charge in [0.1, 0.15) is 12.7 Å². The van der Waals surface area contributed by atoms with Crippen molar-refractivity contribution in [1.82, 2.24) is 24.6 Å². The molecular weight excluding hydrogens is 559 g/mol. The molecule has 1 aliphatic rings. The van der Waals surface area contributed by atoms with E-state index in [-0.39, 0.29) is 23.9 Å². The van der Waals surface area contributed by atoms with Crippen molar-refractivity contribution in [2.24, 2.45) is 5.73 Å². The molecule has 0 aliphatic carbocycles. The highest BCUT2D eigenvalue weighted by Crippen LogP contribution is 2.25. The molecule has 1 saturated heterocycles. The van der Waals surface area contributed by atoms with Gasteiger partial charge in [0.15, 0.2) is 0 Å². The molecule has 3 aromatic carbocycles. The summed E-state index contributed by atoms with van der Waals surface area (Å²) in [5.74, 6) is -0.0892. The average Bonchev–Trinajstić information content (AvgIpc) is 3.48. The van der Waals surface area contributed by atoms with Crippen LogP contribution >= 0.6 is 23.2 Å². The molecule has 1 fully saturated rings. The van der Waals surface area contributed by atoms with Gasteiger partial charge in [0, 0.05) is 41.8 Å². The van der Waals surface area contributed by atoms with E-state index in [2.05, 4.69) is 34.3 Å². The summed E-state index contributed by atoms with van der Waals surface area (Å²) in [5, 5.41) is 7.46. The zero-order chi connectivity index (χ0) is 28.9. The Morgan fingerprint density at radius 1 is 1.02 bits per heavy atom. The number of nitrogens with zero attached hydrogens (tertiary/aromatic N) is 5. The fraction of sp³-hybridized carbons (Fsp3) is 0.355. The quantitative estimate of drug-likeness (QED) is 0.302. The van der Waals surface area contributed by atoms with E-state index in [4.69, 9.17) is 28.9 Å². The van der Waals surface area contributed by atoms with Crippen molar-refractivity contribution in [3.8, 4) is 0 Å². The molecule has 10 heteroatoms. The molecule has 2 N–H and O–H groups in total. The summed E-state index contributed by atoms with van der Waals surface area (Å²) < 4.78 is 1.77. The van der Waals surface area contributed by atoms with E-state index >= 15 is 0 Å². The maximum atomic E-state index is 13.7. The number of carbonyl (C=O) groups is 2. The Labute approximate surface area is 250 Å². The number of benzene rings is 3. The molecule has 8 nitrogen and oxygen atoms in total.